The summed E-state index contributed by atoms with van der Waals surface area (Å²) in [6, 6.07) is 9.82. The monoisotopic (exact) mass is 370 g/mol. The van der Waals surface area contributed by atoms with E-state index < -0.39 is 0 Å². The molecule has 0 bridgehead atoms. The number of rotatable bonds is 3. The molecule has 1 atom stereocenters. The molecular formula is C15H15ClN2OS3. The lowest BCUT2D eigenvalue weighted by molar-refractivity contribution is 0.415. The Morgan fingerprint density at radius 1 is 1.45 bits per heavy atom. The van der Waals surface area contributed by atoms with Crippen LogP contribution in [0.1, 0.15) is 10.3 Å². The number of hydrogen-bond acceptors (Lipinski definition) is 4. The molecule has 3 nitrogen and oxygen atoms in total. The molecule has 22 heavy (non-hydrogen) atoms. The molecule has 0 amide bonds. The van der Waals surface area contributed by atoms with Gasteiger partial charge in [0.1, 0.15) is 11.1 Å². The molecule has 2 heterocycles. The molecule has 0 saturated carbocycles. The van der Waals surface area contributed by atoms with Crippen LogP contribution in [0.4, 0.5) is 5.69 Å². The molecule has 0 spiro atoms. The van der Waals surface area contributed by atoms with E-state index in [4.69, 9.17) is 28.6 Å². The Morgan fingerprint density at radius 2 is 2.32 bits per heavy atom. The van der Waals surface area contributed by atoms with Gasteiger partial charge < -0.3 is 15.0 Å². The Kier molecular flexibility index (Phi) is 5.13. The Hall–Kier alpha value is -0.950. The number of anilines is 1. The van der Waals surface area contributed by atoms with E-state index in [1.165, 1.54) is 4.88 Å². The Balaban J connectivity index is 1.72. The van der Waals surface area contributed by atoms with Gasteiger partial charge in [-0.3, -0.25) is 0 Å². The van der Waals surface area contributed by atoms with E-state index in [2.05, 4.69) is 27.7 Å². The highest BCUT2D eigenvalue weighted by atomic mass is 35.5. The summed E-state index contributed by atoms with van der Waals surface area (Å²) in [4.78, 5) is 3.56. The maximum absolute atomic E-state index is 6.16. The SMILES string of the molecule is COc1ccc(NC(=S)N2CCS[C@@H]2c2cccs2)cc1Cl. The number of hydrogen-bond donors (Lipinski definition) is 1. The van der Waals surface area contributed by atoms with Crippen molar-refractivity contribution in [3.05, 3.63) is 45.6 Å². The molecular weight excluding hydrogens is 356 g/mol. The number of halogens is 1. The number of methoxy groups -OCH3 is 1. The zero-order valence-electron chi connectivity index (χ0n) is 11.9. The number of nitrogens with zero attached hydrogens (tertiary/aromatic N) is 1. The molecule has 1 aliphatic rings. The standard InChI is InChI=1S/C15H15ClN2OS3/c1-19-12-5-4-10(9-11(12)16)17-15(20)18-6-8-22-14(18)13-3-2-7-21-13/h2-5,7,9,14H,6,8H2,1H3,(H,17,20)/t14-/m1/s1. The first kappa shape index (κ1) is 15.9. The van der Waals surface area contributed by atoms with E-state index in [9.17, 15) is 0 Å². The number of thiocarbonyl (C=S) groups is 1. The van der Waals surface area contributed by atoms with E-state index >= 15 is 0 Å². The number of nitrogens with one attached hydrogen (secondary N) is 1. The van der Waals surface area contributed by atoms with Crippen LogP contribution in [-0.4, -0.2) is 29.4 Å². The van der Waals surface area contributed by atoms with Crippen molar-refractivity contribution in [2.75, 3.05) is 24.7 Å². The summed E-state index contributed by atoms with van der Waals surface area (Å²) >= 11 is 15.4. The molecule has 116 valence electrons. The van der Waals surface area contributed by atoms with Crippen LogP contribution in [0.25, 0.3) is 0 Å². The highest BCUT2D eigenvalue weighted by Crippen LogP contribution is 2.40. The quantitative estimate of drug-likeness (QED) is 0.778. The van der Waals surface area contributed by atoms with Gasteiger partial charge in [-0.15, -0.1) is 23.1 Å². The summed E-state index contributed by atoms with van der Waals surface area (Å²) < 4.78 is 5.17. The average Bonchev–Trinajstić information content (AvgIpc) is 3.18. The van der Waals surface area contributed by atoms with Crippen molar-refractivity contribution in [2.45, 2.75) is 5.37 Å². The van der Waals surface area contributed by atoms with Gasteiger partial charge in [-0.25, -0.2) is 0 Å². The highest BCUT2D eigenvalue weighted by Gasteiger charge is 2.29. The molecule has 0 unspecified atom stereocenters. The summed E-state index contributed by atoms with van der Waals surface area (Å²) in [6.07, 6.45) is 0. The van der Waals surface area contributed by atoms with Gasteiger partial charge in [0, 0.05) is 22.9 Å². The van der Waals surface area contributed by atoms with Gasteiger partial charge in [0.15, 0.2) is 5.11 Å². The maximum atomic E-state index is 6.16. The second kappa shape index (κ2) is 7.08. The van der Waals surface area contributed by atoms with Crippen LogP contribution in [0, 0.1) is 0 Å². The minimum Gasteiger partial charge on any atom is -0.495 e. The third kappa shape index (κ3) is 3.35. The van der Waals surface area contributed by atoms with Gasteiger partial charge >= 0.3 is 0 Å². The largest absolute Gasteiger partial charge is 0.495 e. The first-order valence-electron chi connectivity index (χ1n) is 6.75. The van der Waals surface area contributed by atoms with Crippen molar-refractivity contribution >= 4 is 57.7 Å². The Labute approximate surface area is 148 Å². The second-order valence-corrected chi connectivity index (χ2v) is 7.67. The van der Waals surface area contributed by atoms with Crippen molar-refractivity contribution in [3.8, 4) is 5.75 Å². The number of ether oxygens (including phenoxy) is 1. The summed E-state index contributed by atoms with van der Waals surface area (Å²) in [7, 11) is 1.60. The lowest BCUT2D eigenvalue weighted by Crippen LogP contribution is -2.33. The van der Waals surface area contributed by atoms with E-state index in [1.54, 1.807) is 18.4 Å². The summed E-state index contributed by atoms with van der Waals surface area (Å²) in [5.41, 5.74) is 0.873. The van der Waals surface area contributed by atoms with E-state index in [1.807, 2.05) is 30.0 Å². The summed E-state index contributed by atoms with van der Waals surface area (Å²) in [6.45, 7) is 0.947. The number of thioether (sulfide) groups is 1. The van der Waals surface area contributed by atoms with Crippen LogP contribution >= 0.6 is 46.9 Å². The minimum atomic E-state index is 0.300. The highest BCUT2D eigenvalue weighted by molar-refractivity contribution is 7.99. The van der Waals surface area contributed by atoms with Crippen molar-refractivity contribution in [3.63, 3.8) is 0 Å². The fourth-order valence-corrected chi connectivity index (χ4v) is 5.17. The summed E-state index contributed by atoms with van der Waals surface area (Å²) in [5, 5.41) is 6.98. The third-order valence-corrected chi connectivity index (χ3v) is 6.29. The van der Waals surface area contributed by atoms with Crippen LogP contribution < -0.4 is 10.1 Å². The molecule has 1 fully saturated rings. The topological polar surface area (TPSA) is 24.5 Å². The van der Waals surface area contributed by atoms with Crippen LogP contribution in [0.15, 0.2) is 35.7 Å². The predicted molar refractivity (Wildman–Crippen MR) is 100 cm³/mol. The van der Waals surface area contributed by atoms with E-state index in [-0.39, 0.29) is 0 Å². The Bertz CT molecular complexity index is 663. The van der Waals surface area contributed by atoms with Crippen LogP contribution in [0.5, 0.6) is 5.75 Å². The van der Waals surface area contributed by atoms with Crippen LogP contribution in [-0.2, 0) is 0 Å². The maximum Gasteiger partial charge on any atom is 0.174 e. The lowest BCUT2D eigenvalue weighted by atomic mass is 10.3. The van der Waals surface area contributed by atoms with Crippen molar-refractivity contribution in [1.82, 2.24) is 4.90 Å². The fraction of sp³-hybridized carbons (Fsp3) is 0.267. The third-order valence-electron chi connectivity index (χ3n) is 3.34. The molecule has 2 aromatic rings. The molecule has 1 aromatic heterocycles. The van der Waals surface area contributed by atoms with Gasteiger partial charge in [-0.05, 0) is 41.9 Å². The first-order valence-corrected chi connectivity index (χ1v) is 9.46. The second-order valence-electron chi connectivity index (χ2n) is 4.71. The van der Waals surface area contributed by atoms with Gasteiger partial charge in [0.05, 0.1) is 12.1 Å². The van der Waals surface area contributed by atoms with Gasteiger partial charge in [-0.1, -0.05) is 17.7 Å². The van der Waals surface area contributed by atoms with Gasteiger partial charge in [0.25, 0.3) is 0 Å². The summed E-state index contributed by atoms with van der Waals surface area (Å²) in [5.74, 6) is 1.74. The first-order chi connectivity index (χ1) is 10.7. The van der Waals surface area contributed by atoms with E-state index in [0.29, 0.717) is 16.1 Å². The van der Waals surface area contributed by atoms with Gasteiger partial charge in [-0.2, -0.15) is 0 Å². The molecule has 0 aliphatic carbocycles. The molecule has 0 radical (unpaired) electrons. The fourth-order valence-electron chi connectivity index (χ4n) is 2.28. The Morgan fingerprint density at radius 3 is 3.00 bits per heavy atom. The molecule has 1 N–H and O–H groups in total. The minimum absolute atomic E-state index is 0.300. The molecule has 1 saturated heterocycles. The normalized spacial score (nSPS) is 17.5. The zero-order valence-corrected chi connectivity index (χ0v) is 15.1. The molecule has 3 rings (SSSR count). The number of thiophene rings is 1. The molecule has 7 heteroatoms. The van der Waals surface area contributed by atoms with E-state index in [0.717, 1.165) is 23.1 Å². The van der Waals surface area contributed by atoms with Crippen molar-refractivity contribution in [1.29, 1.82) is 0 Å². The number of benzene rings is 1. The van der Waals surface area contributed by atoms with Crippen LogP contribution in [0.3, 0.4) is 0 Å². The van der Waals surface area contributed by atoms with Gasteiger partial charge in [0.2, 0.25) is 0 Å². The zero-order chi connectivity index (χ0) is 15.5. The molecule has 1 aliphatic heterocycles. The van der Waals surface area contributed by atoms with Crippen molar-refractivity contribution < 1.29 is 4.74 Å². The van der Waals surface area contributed by atoms with Crippen LogP contribution in [0.2, 0.25) is 5.02 Å². The lowest BCUT2D eigenvalue weighted by Gasteiger charge is -2.26. The van der Waals surface area contributed by atoms with Crippen molar-refractivity contribution in [2.24, 2.45) is 0 Å². The smallest absolute Gasteiger partial charge is 0.174 e. The molecule has 1 aromatic carbocycles. The average molecular weight is 371 g/mol. The predicted octanol–water partition coefficient (Wildman–Crippen LogP) is 4.85.